The van der Waals surface area contributed by atoms with Crippen LogP contribution < -0.4 is 9.62 Å². The lowest BCUT2D eigenvalue weighted by Crippen LogP contribution is -2.24. The Morgan fingerprint density at radius 1 is 1.00 bits per heavy atom. The Kier molecular flexibility index (Phi) is 5.58. The van der Waals surface area contributed by atoms with E-state index in [9.17, 15) is 8.42 Å². The Balaban J connectivity index is 1.71. The van der Waals surface area contributed by atoms with Crippen molar-refractivity contribution in [2.75, 3.05) is 22.7 Å². The van der Waals surface area contributed by atoms with Gasteiger partial charge in [-0.05, 0) is 49.1 Å². The zero-order valence-electron chi connectivity index (χ0n) is 14.6. The molecule has 1 aromatic heterocycles. The molecule has 1 fully saturated rings. The second kappa shape index (κ2) is 7.87. The van der Waals surface area contributed by atoms with Crippen LogP contribution in [0.2, 0.25) is 0 Å². The molecule has 134 valence electrons. The molecule has 0 saturated carbocycles. The molecule has 2 heterocycles. The summed E-state index contributed by atoms with van der Waals surface area (Å²) in [5.74, 6) is 0.345. The highest BCUT2D eigenvalue weighted by atomic mass is 32.2. The van der Waals surface area contributed by atoms with Crippen LogP contribution in [0.3, 0.4) is 0 Å². The normalized spacial score (nSPS) is 15.6. The minimum Gasteiger partial charge on any atom is -0.370 e. The quantitative estimate of drug-likeness (QED) is 0.881. The number of nitrogens with one attached hydrogen (secondary N) is 1. The van der Waals surface area contributed by atoms with Crippen LogP contribution in [-0.4, -0.2) is 26.5 Å². The zero-order chi connectivity index (χ0) is 17.7. The number of nitrogens with zero attached hydrogens (tertiary/aromatic N) is 2. The van der Waals surface area contributed by atoms with Crippen LogP contribution in [0.4, 0.5) is 11.5 Å². The molecule has 25 heavy (non-hydrogen) atoms. The van der Waals surface area contributed by atoms with Crippen LogP contribution in [-0.2, 0) is 16.4 Å². The van der Waals surface area contributed by atoms with Gasteiger partial charge in [0.05, 0.1) is 16.8 Å². The predicted octanol–water partition coefficient (Wildman–Crippen LogP) is 3.83. The lowest BCUT2D eigenvalue weighted by molar-refractivity contribution is 0.601. The first-order valence-corrected chi connectivity index (χ1v) is 10.4. The molecule has 1 aromatic carbocycles. The van der Waals surface area contributed by atoms with Crippen LogP contribution in [0.15, 0.2) is 47.5 Å². The number of aryl methyl sites for hydroxylation is 1. The molecule has 0 aliphatic carbocycles. The largest absolute Gasteiger partial charge is 0.370 e. The maximum atomic E-state index is 12.5. The fraction of sp³-hybridized carbons (Fsp3) is 0.421. The van der Waals surface area contributed by atoms with E-state index >= 15 is 0 Å². The molecular weight excluding hydrogens is 334 g/mol. The maximum absolute atomic E-state index is 12.5. The Bertz CT molecular complexity index is 778. The molecule has 6 heteroatoms. The number of hydrogen-bond donors (Lipinski definition) is 1. The molecule has 5 nitrogen and oxygen atoms in total. The zero-order valence-corrected chi connectivity index (χ0v) is 15.4. The van der Waals surface area contributed by atoms with Gasteiger partial charge in [0, 0.05) is 13.1 Å². The Hall–Kier alpha value is -2.08. The molecular formula is C19H25N3O2S. The molecule has 3 rings (SSSR count). The fourth-order valence-corrected chi connectivity index (χ4v) is 4.07. The van der Waals surface area contributed by atoms with E-state index in [-0.39, 0.29) is 4.90 Å². The number of hydrogen-bond acceptors (Lipinski definition) is 4. The van der Waals surface area contributed by atoms with Crippen LogP contribution >= 0.6 is 0 Å². The Morgan fingerprint density at radius 3 is 2.24 bits per heavy atom. The van der Waals surface area contributed by atoms with Crippen LogP contribution in [0.1, 0.15) is 38.2 Å². The molecule has 2 aromatic rings. The lowest BCUT2D eigenvalue weighted by atomic mass is 10.2. The van der Waals surface area contributed by atoms with Gasteiger partial charge >= 0.3 is 0 Å². The van der Waals surface area contributed by atoms with E-state index in [1.54, 1.807) is 24.4 Å². The first-order valence-electron chi connectivity index (χ1n) is 8.91. The molecule has 0 bridgehead atoms. The first-order chi connectivity index (χ1) is 12.1. The van der Waals surface area contributed by atoms with Crippen molar-refractivity contribution in [3.8, 4) is 0 Å². The Morgan fingerprint density at radius 2 is 1.68 bits per heavy atom. The number of anilines is 2. The van der Waals surface area contributed by atoms with E-state index in [1.165, 1.54) is 25.7 Å². The maximum Gasteiger partial charge on any atom is 0.263 e. The third-order valence-electron chi connectivity index (χ3n) is 4.60. The van der Waals surface area contributed by atoms with Crippen LogP contribution in [0.5, 0.6) is 0 Å². The third kappa shape index (κ3) is 4.51. The van der Waals surface area contributed by atoms with E-state index < -0.39 is 10.0 Å². The van der Waals surface area contributed by atoms with E-state index in [4.69, 9.17) is 0 Å². The van der Waals surface area contributed by atoms with E-state index in [0.717, 1.165) is 30.8 Å². The second-order valence-electron chi connectivity index (χ2n) is 6.41. The van der Waals surface area contributed by atoms with Crippen molar-refractivity contribution < 1.29 is 8.42 Å². The summed E-state index contributed by atoms with van der Waals surface area (Å²) in [7, 11) is -3.61. The molecule has 1 N–H and O–H groups in total. The summed E-state index contributed by atoms with van der Waals surface area (Å²) in [5.41, 5.74) is 2.16. The predicted molar refractivity (Wildman–Crippen MR) is 102 cm³/mol. The van der Waals surface area contributed by atoms with Crippen molar-refractivity contribution in [1.82, 2.24) is 4.98 Å². The Labute approximate surface area is 150 Å². The van der Waals surface area contributed by atoms with E-state index in [0.29, 0.717) is 5.82 Å². The van der Waals surface area contributed by atoms with Gasteiger partial charge in [-0.15, -0.1) is 0 Å². The van der Waals surface area contributed by atoms with Gasteiger partial charge in [-0.1, -0.05) is 31.9 Å². The lowest BCUT2D eigenvalue weighted by Gasteiger charge is -2.22. The molecule has 0 amide bonds. The van der Waals surface area contributed by atoms with Gasteiger partial charge in [-0.3, -0.25) is 4.72 Å². The minimum atomic E-state index is -3.61. The van der Waals surface area contributed by atoms with Gasteiger partial charge in [0.2, 0.25) is 0 Å². The van der Waals surface area contributed by atoms with Crippen molar-refractivity contribution in [2.45, 2.75) is 43.9 Å². The molecule has 1 saturated heterocycles. The van der Waals surface area contributed by atoms with Crippen LogP contribution in [0.25, 0.3) is 0 Å². The van der Waals surface area contributed by atoms with Crippen LogP contribution in [0, 0.1) is 0 Å². The minimum absolute atomic E-state index is 0.253. The fourth-order valence-electron chi connectivity index (χ4n) is 3.06. The van der Waals surface area contributed by atoms with Crippen molar-refractivity contribution in [3.63, 3.8) is 0 Å². The summed E-state index contributed by atoms with van der Waals surface area (Å²) < 4.78 is 27.5. The smallest absolute Gasteiger partial charge is 0.263 e. The highest BCUT2D eigenvalue weighted by Crippen LogP contribution is 2.21. The van der Waals surface area contributed by atoms with Gasteiger partial charge in [0.25, 0.3) is 10.0 Å². The van der Waals surface area contributed by atoms with Gasteiger partial charge < -0.3 is 4.90 Å². The highest BCUT2D eigenvalue weighted by molar-refractivity contribution is 7.92. The first kappa shape index (κ1) is 17.7. The average molecular weight is 359 g/mol. The standard InChI is InChI=1S/C19H25N3O2S/c1-2-16-7-10-18(11-8-16)25(23,24)21-19-12-9-17(15-20-19)22-13-5-3-4-6-14-22/h7-12,15H,2-6,13-14H2,1H3,(H,20,21). The summed E-state index contributed by atoms with van der Waals surface area (Å²) in [5, 5.41) is 0. The second-order valence-corrected chi connectivity index (χ2v) is 8.09. The van der Waals surface area contributed by atoms with Gasteiger partial charge in [-0.25, -0.2) is 13.4 Å². The highest BCUT2D eigenvalue weighted by Gasteiger charge is 2.15. The van der Waals surface area contributed by atoms with Crippen molar-refractivity contribution >= 4 is 21.5 Å². The van der Waals surface area contributed by atoms with Gasteiger partial charge in [0.1, 0.15) is 5.82 Å². The topological polar surface area (TPSA) is 62.3 Å². The third-order valence-corrected chi connectivity index (χ3v) is 5.97. The van der Waals surface area contributed by atoms with Crippen molar-refractivity contribution in [2.24, 2.45) is 0 Å². The van der Waals surface area contributed by atoms with E-state index in [2.05, 4.69) is 14.6 Å². The summed E-state index contributed by atoms with van der Waals surface area (Å²) in [6.45, 7) is 4.12. The van der Waals surface area contributed by atoms with E-state index in [1.807, 2.05) is 25.1 Å². The number of pyridine rings is 1. The van der Waals surface area contributed by atoms with Crippen molar-refractivity contribution in [1.29, 1.82) is 0 Å². The average Bonchev–Trinajstić information content (AvgIpc) is 2.91. The number of sulfonamides is 1. The number of aromatic nitrogens is 1. The van der Waals surface area contributed by atoms with Gasteiger partial charge in [0.15, 0.2) is 0 Å². The monoisotopic (exact) mass is 359 g/mol. The number of rotatable bonds is 5. The summed E-state index contributed by atoms with van der Waals surface area (Å²) in [6, 6.07) is 10.6. The molecule has 1 aliphatic heterocycles. The summed E-state index contributed by atoms with van der Waals surface area (Å²) in [4.78, 5) is 6.87. The summed E-state index contributed by atoms with van der Waals surface area (Å²) in [6.07, 6.45) is 7.58. The molecule has 0 radical (unpaired) electrons. The molecule has 0 spiro atoms. The van der Waals surface area contributed by atoms with Crippen molar-refractivity contribution in [3.05, 3.63) is 48.2 Å². The molecule has 0 unspecified atom stereocenters. The SMILES string of the molecule is CCc1ccc(S(=O)(=O)Nc2ccc(N3CCCCCC3)cn2)cc1. The summed E-state index contributed by atoms with van der Waals surface area (Å²) >= 11 is 0. The van der Waals surface area contributed by atoms with Gasteiger partial charge in [-0.2, -0.15) is 0 Å². The number of benzene rings is 1. The molecule has 0 atom stereocenters. The molecule has 1 aliphatic rings.